The summed E-state index contributed by atoms with van der Waals surface area (Å²) >= 11 is 1.74. The Labute approximate surface area is 113 Å². The fourth-order valence-corrected chi connectivity index (χ4v) is 3.32. The minimum Gasteiger partial charge on any atom is -0.341 e. The smallest absolute Gasteiger partial charge is 0.222 e. The standard InChI is InChI=1S/C14H22N2OS/c1-11-5-8-18-13(11)10-16(2)14(17)9-12-3-6-15-7-4-12/h5,8,12,15H,3-4,6-7,9-10H2,1-2H3. The molecule has 1 aliphatic heterocycles. The van der Waals surface area contributed by atoms with Gasteiger partial charge in [-0.05, 0) is 55.8 Å². The zero-order valence-electron chi connectivity index (χ0n) is 11.2. The number of rotatable bonds is 4. The second-order valence-corrected chi connectivity index (χ2v) is 6.17. The van der Waals surface area contributed by atoms with Gasteiger partial charge < -0.3 is 10.2 Å². The number of thiophene rings is 1. The van der Waals surface area contributed by atoms with E-state index in [1.165, 1.54) is 10.4 Å². The van der Waals surface area contributed by atoms with Crippen molar-refractivity contribution in [2.24, 2.45) is 5.92 Å². The molecule has 18 heavy (non-hydrogen) atoms. The first kappa shape index (κ1) is 13.6. The van der Waals surface area contributed by atoms with Crippen molar-refractivity contribution in [2.45, 2.75) is 32.7 Å². The zero-order chi connectivity index (χ0) is 13.0. The molecule has 0 saturated carbocycles. The molecule has 2 heterocycles. The number of nitrogens with zero attached hydrogens (tertiary/aromatic N) is 1. The summed E-state index contributed by atoms with van der Waals surface area (Å²) < 4.78 is 0. The second kappa shape index (κ2) is 6.34. The van der Waals surface area contributed by atoms with Crippen LogP contribution in [0.15, 0.2) is 11.4 Å². The average molecular weight is 266 g/mol. The van der Waals surface area contributed by atoms with E-state index in [-0.39, 0.29) is 5.91 Å². The molecule has 0 unspecified atom stereocenters. The molecular weight excluding hydrogens is 244 g/mol. The number of piperidine rings is 1. The third kappa shape index (κ3) is 3.56. The fourth-order valence-electron chi connectivity index (χ4n) is 2.36. The molecular formula is C14H22N2OS. The molecule has 0 bridgehead atoms. The van der Waals surface area contributed by atoms with Gasteiger partial charge in [0.2, 0.25) is 5.91 Å². The van der Waals surface area contributed by atoms with Crippen LogP contribution < -0.4 is 5.32 Å². The molecule has 3 nitrogen and oxygen atoms in total. The van der Waals surface area contributed by atoms with Crippen LogP contribution in [0.1, 0.15) is 29.7 Å². The molecule has 0 aromatic carbocycles. The normalized spacial score (nSPS) is 16.8. The van der Waals surface area contributed by atoms with Gasteiger partial charge in [0, 0.05) is 18.3 Å². The highest BCUT2D eigenvalue weighted by Crippen LogP contribution is 2.20. The third-order valence-electron chi connectivity index (χ3n) is 3.70. The van der Waals surface area contributed by atoms with Crippen molar-refractivity contribution in [3.63, 3.8) is 0 Å². The lowest BCUT2D eigenvalue weighted by Crippen LogP contribution is -2.33. The van der Waals surface area contributed by atoms with Crippen LogP contribution in [0.2, 0.25) is 0 Å². The molecule has 1 N–H and O–H groups in total. The number of carbonyl (C=O) groups excluding carboxylic acids is 1. The van der Waals surface area contributed by atoms with Crippen LogP contribution >= 0.6 is 11.3 Å². The van der Waals surface area contributed by atoms with Crippen molar-refractivity contribution in [2.75, 3.05) is 20.1 Å². The molecule has 1 amide bonds. The molecule has 1 fully saturated rings. The Balaban J connectivity index is 1.83. The molecule has 2 rings (SSSR count). The number of amides is 1. The van der Waals surface area contributed by atoms with Gasteiger partial charge >= 0.3 is 0 Å². The van der Waals surface area contributed by atoms with Crippen LogP contribution in [0.3, 0.4) is 0 Å². The van der Waals surface area contributed by atoms with Gasteiger partial charge in [-0.1, -0.05) is 0 Å². The van der Waals surface area contributed by atoms with Crippen LogP contribution in [0.25, 0.3) is 0 Å². The molecule has 0 atom stereocenters. The summed E-state index contributed by atoms with van der Waals surface area (Å²) in [6.07, 6.45) is 2.98. The highest BCUT2D eigenvalue weighted by Gasteiger charge is 2.19. The fraction of sp³-hybridized carbons (Fsp3) is 0.643. The quantitative estimate of drug-likeness (QED) is 0.907. The van der Waals surface area contributed by atoms with Crippen molar-refractivity contribution in [1.82, 2.24) is 10.2 Å². The summed E-state index contributed by atoms with van der Waals surface area (Å²) in [6, 6.07) is 2.12. The van der Waals surface area contributed by atoms with Crippen LogP contribution in [0, 0.1) is 12.8 Å². The van der Waals surface area contributed by atoms with Gasteiger partial charge in [-0.15, -0.1) is 11.3 Å². The summed E-state index contributed by atoms with van der Waals surface area (Å²) in [6.45, 7) is 4.99. The van der Waals surface area contributed by atoms with Crippen LogP contribution in [0.4, 0.5) is 0 Å². The van der Waals surface area contributed by atoms with Gasteiger partial charge in [-0.2, -0.15) is 0 Å². The summed E-state index contributed by atoms with van der Waals surface area (Å²) in [5.74, 6) is 0.861. The SMILES string of the molecule is Cc1ccsc1CN(C)C(=O)CC1CCNCC1. The maximum Gasteiger partial charge on any atom is 0.222 e. The van der Waals surface area contributed by atoms with Gasteiger partial charge in [-0.3, -0.25) is 4.79 Å². The predicted molar refractivity (Wildman–Crippen MR) is 75.7 cm³/mol. The Morgan fingerprint density at radius 2 is 2.22 bits per heavy atom. The monoisotopic (exact) mass is 266 g/mol. The topological polar surface area (TPSA) is 32.3 Å². The van der Waals surface area contributed by atoms with Gasteiger partial charge in [0.25, 0.3) is 0 Å². The minimum atomic E-state index is 0.287. The zero-order valence-corrected chi connectivity index (χ0v) is 12.1. The molecule has 0 aliphatic carbocycles. The summed E-state index contributed by atoms with van der Waals surface area (Å²) in [5.41, 5.74) is 1.29. The number of hydrogen-bond donors (Lipinski definition) is 1. The summed E-state index contributed by atoms with van der Waals surface area (Å²) in [4.78, 5) is 15.3. The van der Waals surface area contributed by atoms with Gasteiger partial charge in [-0.25, -0.2) is 0 Å². The van der Waals surface area contributed by atoms with Crippen molar-refractivity contribution >= 4 is 17.2 Å². The van der Waals surface area contributed by atoms with E-state index in [2.05, 4.69) is 23.7 Å². The Bertz CT molecular complexity index is 396. The van der Waals surface area contributed by atoms with E-state index in [4.69, 9.17) is 0 Å². The van der Waals surface area contributed by atoms with Crippen LogP contribution in [-0.4, -0.2) is 30.9 Å². The van der Waals surface area contributed by atoms with E-state index in [9.17, 15) is 4.79 Å². The first-order chi connectivity index (χ1) is 8.66. The first-order valence-electron chi connectivity index (χ1n) is 6.64. The van der Waals surface area contributed by atoms with Crippen molar-refractivity contribution in [1.29, 1.82) is 0 Å². The van der Waals surface area contributed by atoms with Crippen LogP contribution in [-0.2, 0) is 11.3 Å². The first-order valence-corrected chi connectivity index (χ1v) is 7.52. The Kier molecular flexibility index (Phi) is 4.78. The molecule has 1 aromatic heterocycles. The summed E-state index contributed by atoms with van der Waals surface area (Å²) in [5, 5.41) is 5.43. The highest BCUT2D eigenvalue weighted by molar-refractivity contribution is 7.10. The third-order valence-corrected chi connectivity index (χ3v) is 4.70. The van der Waals surface area contributed by atoms with Crippen molar-refractivity contribution in [3.05, 3.63) is 21.9 Å². The Morgan fingerprint density at radius 1 is 1.50 bits per heavy atom. The molecule has 4 heteroatoms. The second-order valence-electron chi connectivity index (χ2n) is 5.17. The predicted octanol–water partition coefficient (Wildman–Crippen LogP) is 2.40. The van der Waals surface area contributed by atoms with E-state index in [0.29, 0.717) is 12.3 Å². The van der Waals surface area contributed by atoms with Gasteiger partial charge in [0.1, 0.15) is 0 Å². The van der Waals surface area contributed by atoms with E-state index < -0.39 is 0 Å². The largest absolute Gasteiger partial charge is 0.341 e. The van der Waals surface area contributed by atoms with Crippen molar-refractivity contribution < 1.29 is 4.79 Å². The van der Waals surface area contributed by atoms with E-state index >= 15 is 0 Å². The molecule has 1 aromatic rings. The number of nitrogens with one attached hydrogen (secondary N) is 1. The van der Waals surface area contributed by atoms with Gasteiger partial charge in [0.15, 0.2) is 0 Å². The Hall–Kier alpha value is -0.870. The van der Waals surface area contributed by atoms with E-state index in [0.717, 1.165) is 32.5 Å². The lowest BCUT2D eigenvalue weighted by molar-refractivity contribution is -0.131. The molecule has 0 spiro atoms. The number of carbonyl (C=O) groups is 1. The molecule has 1 aliphatic rings. The number of aryl methyl sites for hydroxylation is 1. The lowest BCUT2D eigenvalue weighted by atomic mass is 9.94. The van der Waals surface area contributed by atoms with Crippen LogP contribution in [0.5, 0.6) is 0 Å². The van der Waals surface area contributed by atoms with Gasteiger partial charge in [0.05, 0.1) is 6.54 Å². The lowest BCUT2D eigenvalue weighted by Gasteiger charge is -2.24. The molecule has 0 radical (unpaired) electrons. The average Bonchev–Trinajstić information content (AvgIpc) is 2.76. The Morgan fingerprint density at radius 3 is 2.83 bits per heavy atom. The van der Waals surface area contributed by atoms with E-state index in [1.54, 1.807) is 11.3 Å². The van der Waals surface area contributed by atoms with E-state index in [1.807, 2.05) is 11.9 Å². The minimum absolute atomic E-state index is 0.287. The number of hydrogen-bond acceptors (Lipinski definition) is 3. The van der Waals surface area contributed by atoms with Crippen molar-refractivity contribution in [3.8, 4) is 0 Å². The maximum absolute atomic E-state index is 12.2. The highest BCUT2D eigenvalue weighted by atomic mass is 32.1. The summed E-state index contributed by atoms with van der Waals surface area (Å²) in [7, 11) is 1.92. The molecule has 1 saturated heterocycles. The maximum atomic E-state index is 12.2. The molecule has 100 valence electrons.